The fourth-order valence-corrected chi connectivity index (χ4v) is 2.84. The van der Waals surface area contributed by atoms with Crippen LogP contribution in [-0.4, -0.2) is 37.1 Å². The van der Waals surface area contributed by atoms with Crippen LogP contribution in [0.3, 0.4) is 0 Å². The summed E-state index contributed by atoms with van der Waals surface area (Å²) in [7, 11) is 4.16. The molecule has 3 aromatic rings. The molecule has 0 fully saturated rings. The van der Waals surface area contributed by atoms with Crippen LogP contribution in [0.5, 0.6) is 5.75 Å². The van der Waals surface area contributed by atoms with E-state index < -0.39 is 0 Å². The van der Waals surface area contributed by atoms with Crippen LogP contribution in [-0.2, 0) is 6.54 Å². The van der Waals surface area contributed by atoms with Crippen molar-refractivity contribution < 1.29 is 4.74 Å². The number of anilines is 1. The van der Waals surface area contributed by atoms with E-state index in [1.165, 1.54) is 16.3 Å². The Bertz CT molecular complexity index is 803. The monoisotopic (exact) mass is 335 g/mol. The van der Waals surface area contributed by atoms with Crippen LogP contribution in [0, 0.1) is 0 Å². The highest BCUT2D eigenvalue weighted by molar-refractivity contribution is 5.88. The van der Waals surface area contributed by atoms with E-state index in [9.17, 15) is 0 Å². The molecule has 1 aromatic heterocycles. The molecule has 0 spiro atoms. The molecule has 0 aliphatic carbocycles. The number of benzene rings is 2. The molecule has 0 saturated carbocycles. The SMILES string of the molecule is CN(C)CCCOc1ccc2ccccc2c1CNc1ccccn1. The Morgan fingerprint density at radius 2 is 1.84 bits per heavy atom. The highest BCUT2D eigenvalue weighted by Crippen LogP contribution is 2.29. The summed E-state index contributed by atoms with van der Waals surface area (Å²) >= 11 is 0. The van der Waals surface area contributed by atoms with E-state index in [0.29, 0.717) is 13.2 Å². The lowest BCUT2D eigenvalue weighted by Crippen LogP contribution is -2.16. The molecule has 0 radical (unpaired) electrons. The van der Waals surface area contributed by atoms with Crippen LogP contribution in [0.1, 0.15) is 12.0 Å². The maximum atomic E-state index is 6.10. The largest absolute Gasteiger partial charge is 0.493 e. The number of aromatic nitrogens is 1. The second-order valence-corrected chi connectivity index (χ2v) is 6.34. The maximum absolute atomic E-state index is 6.10. The van der Waals surface area contributed by atoms with Crippen molar-refractivity contribution in [3.8, 4) is 5.75 Å². The average Bonchev–Trinajstić information content (AvgIpc) is 2.64. The molecular formula is C21H25N3O. The lowest BCUT2D eigenvalue weighted by Gasteiger charge is -2.16. The Kier molecular flexibility index (Phi) is 5.86. The van der Waals surface area contributed by atoms with E-state index in [1.807, 2.05) is 18.2 Å². The summed E-state index contributed by atoms with van der Waals surface area (Å²) in [4.78, 5) is 6.51. The van der Waals surface area contributed by atoms with Gasteiger partial charge in [-0.2, -0.15) is 0 Å². The van der Waals surface area contributed by atoms with Crippen LogP contribution in [0.2, 0.25) is 0 Å². The standard InChI is InChI=1S/C21H25N3O/c1-24(2)14-7-15-25-20-12-11-17-8-3-4-9-18(17)19(20)16-23-21-10-5-6-13-22-21/h3-6,8-13H,7,14-16H2,1-2H3,(H,22,23). The molecule has 130 valence electrons. The zero-order chi connectivity index (χ0) is 17.5. The van der Waals surface area contributed by atoms with Gasteiger partial charge in [0.2, 0.25) is 0 Å². The molecule has 0 atom stereocenters. The first-order valence-electron chi connectivity index (χ1n) is 8.67. The van der Waals surface area contributed by atoms with Gasteiger partial charge < -0.3 is 15.0 Å². The van der Waals surface area contributed by atoms with Crippen LogP contribution >= 0.6 is 0 Å². The van der Waals surface area contributed by atoms with Gasteiger partial charge in [0.05, 0.1) is 6.61 Å². The van der Waals surface area contributed by atoms with Gasteiger partial charge in [-0.25, -0.2) is 4.98 Å². The average molecular weight is 335 g/mol. The van der Waals surface area contributed by atoms with Gasteiger partial charge in [-0.3, -0.25) is 0 Å². The van der Waals surface area contributed by atoms with Gasteiger partial charge >= 0.3 is 0 Å². The first-order chi connectivity index (χ1) is 12.2. The maximum Gasteiger partial charge on any atom is 0.126 e. The summed E-state index contributed by atoms with van der Waals surface area (Å²) in [6.07, 6.45) is 2.80. The van der Waals surface area contributed by atoms with Gasteiger partial charge in [0.1, 0.15) is 11.6 Å². The van der Waals surface area contributed by atoms with Crippen molar-refractivity contribution in [2.24, 2.45) is 0 Å². The van der Waals surface area contributed by atoms with Gasteiger partial charge in [-0.15, -0.1) is 0 Å². The number of ether oxygens (including phenoxy) is 1. The Labute approximate surface area is 149 Å². The number of hydrogen-bond acceptors (Lipinski definition) is 4. The topological polar surface area (TPSA) is 37.4 Å². The lowest BCUT2D eigenvalue weighted by atomic mass is 10.0. The van der Waals surface area contributed by atoms with Gasteiger partial charge in [0, 0.05) is 24.8 Å². The van der Waals surface area contributed by atoms with E-state index in [1.54, 1.807) is 6.20 Å². The number of nitrogens with one attached hydrogen (secondary N) is 1. The van der Waals surface area contributed by atoms with Crippen LogP contribution in [0.4, 0.5) is 5.82 Å². The lowest BCUT2D eigenvalue weighted by molar-refractivity contribution is 0.280. The Hall–Kier alpha value is -2.59. The molecular weight excluding hydrogens is 310 g/mol. The third kappa shape index (κ3) is 4.70. The smallest absolute Gasteiger partial charge is 0.126 e. The Balaban J connectivity index is 1.80. The minimum absolute atomic E-state index is 0.682. The summed E-state index contributed by atoms with van der Waals surface area (Å²) in [6, 6.07) is 18.5. The zero-order valence-corrected chi connectivity index (χ0v) is 14.9. The molecule has 1 heterocycles. The quantitative estimate of drug-likeness (QED) is 0.627. The molecule has 0 amide bonds. The molecule has 3 rings (SSSR count). The van der Waals surface area contributed by atoms with Crippen molar-refractivity contribution in [1.29, 1.82) is 0 Å². The minimum Gasteiger partial charge on any atom is -0.493 e. The zero-order valence-electron chi connectivity index (χ0n) is 14.9. The van der Waals surface area contributed by atoms with Crippen molar-refractivity contribution in [3.05, 3.63) is 66.4 Å². The number of nitrogens with zero attached hydrogens (tertiary/aromatic N) is 2. The summed E-state index contributed by atoms with van der Waals surface area (Å²) < 4.78 is 6.10. The summed E-state index contributed by atoms with van der Waals surface area (Å²) in [6.45, 7) is 2.42. The van der Waals surface area contributed by atoms with Crippen LogP contribution < -0.4 is 10.1 Å². The number of pyridine rings is 1. The number of fused-ring (bicyclic) bond motifs is 1. The molecule has 25 heavy (non-hydrogen) atoms. The van der Waals surface area contributed by atoms with E-state index in [-0.39, 0.29) is 0 Å². The van der Waals surface area contributed by atoms with Crippen molar-refractivity contribution in [3.63, 3.8) is 0 Å². The van der Waals surface area contributed by atoms with Gasteiger partial charge in [-0.05, 0) is 49.5 Å². The highest BCUT2D eigenvalue weighted by Gasteiger charge is 2.09. The summed E-state index contributed by atoms with van der Waals surface area (Å²) in [5, 5.41) is 5.84. The predicted octanol–water partition coefficient (Wildman–Crippen LogP) is 4.18. The molecule has 4 nitrogen and oxygen atoms in total. The van der Waals surface area contributed by atoms with E-state index >= 15 is 0 Å². The summed E-state index contributed by atoms with van der Waals surface area (Å²) in [5.74, 6) is 1.81. The summed E-state index contributed by atoms with van der Waals surface area (Å²) in [5.41, 5.74) is 1.17. The fraction of sp³-hybridized carbons (Fsp3) is 0.286. The molecule has 0 unspecified atom stereocenters. The third-order valence-electron chi connectivity index (χ3n) is 4.12. The normalized spacial score (nSPS) is 11.0. The molecule has 4 heteroatoms. The molecule has 0 saturated heterocycles. The van der Waals surface area contributed by atoms with E-state index in [2.05, 4.69) is 65.7 Å². The first kappa shape index (κ1) is 17.2. The molecule has 0 bridgehead atoms. The number of rotatable bonds is 8. The third-order valence-corrected chi connectivity index (χ3v) is 4.12. The van der Waals surface area contributed by atoms with Crippen molar-refractivity contribution >= 4 is 16.6 Å². The molecule has 0 aliphatic rings. The van der Waals surface area contributed by atoms with E-state index in [4.69, 9.17) is 4.74 Å². The Morgan fingerprint density at radius 3 is 2.64 bits per heavy atom. The van der Waals surface area contributed by atoms with Crippen LogP contribution in [0.15, 0.2) is 60.8 Å². The second kappa shape index (κ2) is 8.49. The van der Waals surface area contributed by atoms with Crippen molar-refractivity contribution in [2.45, 2.75) is 13.0 Å². The predicted molar refractivity (Wildman–Crippen MR) is 104 cm³/mol. The molecule has 2 aromatic carbocycles. The van der Waals surface area contributed by atoms with Gasteiger partial charge in [0.25, 0.3) is 0 Å². The molecule has 0 aliphatic heterocycles. The van der Waals surface area contributed by atoms with Crippen LogP contribution in [0.25, 0.3) is 10.8 Å². The minimum atomic E-state index is 0.682. The first-order valence-corrected chi connectivity index (χ1v) is 8.67. The highest BCUT2D eigenvalue weighted by atomic mass is 16.5. The van der Waals surface area contributed by atoms with Crippen molar-refractivity contribution in [1.82, 2.24) is 9.88 Å². The number of hydrogen-bond donors (Lipinski definition) is 1. The van der Waals surface area contributed by atoms with Crippen molar-refractivity contribution in [2.75, 3.05) is 32.6 Å². The van der Waals surface area contributed by atoms with E-state index in [0.717, 1.165) is 24.5 Å². The molecule has 1 N–H and O–H groups in total. The van der Waals surface area contributed by atoms with Gasteiger partial charge in [0.15, 0.2) is 0 Å². The second-order valence-electron chi connectivity index (χ2n) is 6.34. The fourth-order valence-electron chi connectivity index (χ4n) is 2.84. The van der Waals surface area contributed by atoms with Gasteiger partial charge in [-0.1, -0.05) is 36.4 Å². The Morgan fingerprint density at radius 1 is 1.00 bits per heavy atom.